The first-order valence-corrected chi connectivity index (χ1v) is 9.21. The van der Waals surface area contributed by atoms with Crippen LogP contribution in [0.4, 0.5) is 0 Å². The fraction of sp³-hybridized carbons (Fsp3) is 0.318. The summed E-state index contributed by atoms with van der Waals surface area (Å²) in [6.45, 7) is 1.80. The maximum Gasteiger partial charge on any atom is 0.252 e. The molecule has 2 heterocycles. The van der Waals surface area contributed by atoms with Crippen molar-refractivity contribution in [3.8, 4) is 0 Å². The van der Waals surface area contributed by atoms with E-state index >= 15 is 0 Å². The van der Waals surface area contributed by atoms with Crippen molar-refractivity contribution in [1.29, 1.82) is 0 Å². The fourth-order valence-corrected chi connectivity index (χ4v) is 3.45. The zero-order chi connectivity index (χ0) is 17.8. The van der Waals surface area contributed by atoms with Gasteiger partial charge in [0, 0.05) is 18.5 Å². The number of carbonyl (C=O) groups is 1. The number of fused-ring (bicyclic) bond motifs is 1. The van der Waals surface area contributed by atoms with Crippen molar-refractivity contribution in [2.45, 2.75) is 31.9 Å². The minimum atomic E-state index is -0.310. The molecular weight excluding hydrogens is 326 g/mol. The molecule has 1 unspecified atom stereocenters. The van der Waals surface area contributed by atoms with E-state index in [1.165, 1.54) is 5.56 Å². The molecule has 0 N–H and O–H groups in total. The minimum absolute atomic E-state index is 0.0684. The molecule has 1 fully saturated rings. The molecular formula is C22H23NO3. The Hall–Kier alpha value is -2.59. The number of benzene rings is 2. The topological polar surface area (TPSA) is 42.7 Å². The van der Waals surface area contributed by atoms with Crippen LogP contribution in [0.15, 0.2) is 65.1 Å². The number of para-hydroxylation sites is 1. The third kappa shape index (κ3) is 3.81. The summed E-state index contributed by atoms with van der Waals surface area (Å²) in [4.78, 5) is 14.8. The van der Waals surface area contributed by atoms with E-state index in [1.54, 1.807) is 0 Å². The molecule has 1 atom stereocenters. The second-order valence-corrected chi connectivity index (χ2v) is 6.75. The van der Waals surface area contributed by atoms with Crippen LogP contribution in [0.2, 0.25) is 0 Å². The van der Waals surface area contributed by atoms with Crippen LogP contribution in [0.3, 0.4) is 0 Å². The Labute approximate surface area is 153 Å². The van der Waals surface area contributed by atoms with Crippen LogP contribution in [-0.2, 0) is 22.5 Å². The molecule has 0 saturated carbocycles. The van der Waals surface area contributed by atoms with Crippen molar-refractivity contribution in [3.63, 3.8) is 0 Å². The van der Waals surface area contributed by atoms with Crippen LogP contribution >= 0.6 is 0 Å². The maximum absolute atomic E-state index is 12.9. The summed E-state index contributed by atoms with van der Waals surface area (Å²) in [6.07, 6.45) is 2.27. The first kappa shape index (κ1) is 16.9. The Morgan fingerprint density at radius 2 is 1.88 bits per heavy atom. The molecule has 1 amide bonds. The monoisotopic (exact) mass is 349 g/mol. The summed E-state index contributed by atoms with van der Waals surface area (Å²) in [5, 5.41) is 1.06. The van der Waals surface area contributed by atoms with Crippen LogP contribution in [0.5, 0.6) is 0 Å². The van der Waals surface area contributed by atoms with Crippen LogP contribution in [0.1, 0.15) is 24.2 Å². The van der Waals surface area contributed by atoms with Gasteiger partial charge < -0.3 is 14.1 Å². The van der Waals surface area contributed by atoms with Gasteiger partial charge in [0.15, 0.2) is 0 Å². The molecule has 1 aliphatic rings. The highest BCUT2D eigenvalue weighted by atomic mass is 16.5. The van der Waals surface area contributed by atoms with Crippen molar-refractivity contribution < 1.29 is 13.9 Å². The standard InChI is InChI=1S/C22H23NO3/c24-22(21-11-6-14-25-21)23(13-12-17-7-2-1-3-8-17)16-19-15-18-9-4-5-10-20(18)26-19/h1-5,7-10,15,21H,6,11-14,16H2. The van der Waals surface area contributed by atoms with Crippen LogP contribution < -0.4 is 0 Å². The lowest BCUT2D eigenvalue weighted by Crippen LogP contribution is -2.39. The normalized spacial score (nSPS) is 16.8. The zero-order valence-corrected chi connectivity index (χ0v) is 14.8. The lowest BCUT2D eigenvalue weighted by atomic mass is 10.1. The van der Waals surface area contributed by atoms with E-state index in [1.807, 2.05) is 53.4 Å². The second kappa shape index (κ2) is 7.75. The van der Waals surface area contributed by atoms with Crippen molar-refractivity contribution in [3.05, 3.63) is 72.0 Å². The highest BCUT2D eigenvalue weighted by Crippen LogP contribution is 2.22. The molecule has 0 radical (unpaired) electrons. The quantitative estimate of drug-likeness (QED) is 0.670. The average Bonchev–Trinajstić information content (AvgIpc) is 3.34. The van der Waals surface area contributed by atoms with Gasteiger partial charge in [-0.2, -0.15) is 0 Å². The Morgan fingerprint density at radius 1 is 1.08 bits per heavy atom. The minimum Gasteiger partial charge on any atom is -0.459 e. The van der Waals surface area contributed by atoms with Crippen molar-refractivity contribution >= 4 is 16.9 Å². The fourth-order valence-electron chi connectivity index (χ4n) is 3.45. The molecule has 0 aliphatic carbocycles. The smallest absolute Gasteiger partial charge is 0.252 e. The molecule has 4 nitrogen and oxygen atoms in total. The molecule has 2 aromatic carbocycles. The predicted molar refractivity (Wildman–Crippen MR) is 101 cm³/mol. The first-order chi connectivity index (χ1) is 12.8. The number of furan rings is 1. The summed E-state index contributed by atoms with van der Waals surface area (Å²) >= 11 is 0. The average molecular weight is 349 g/mol. The summed E-state index contributed by atoms with van der Waals surface area (Å²) in [5.41, 5.74) is 2.08. The SMILES string of the molecule is O=C(C1CCCO1)N(CCc1ccccc1)Cc1cc2ccccc2o1. The lowest BCUT2D eigenvalue weighted by Gasteiger charge is -2.24. The highest BCUT2D eigenvalue weighted by molar-refractivity contribution is 5.81. The number of rotatable bonds is 6. The van der Waals surface area contributed by atoms with Gasteiger partial charge in [0.25, 0.3) is 5.91 Å². The summed E-state index contributed by atoms with van der Waals surface area (Å²) < 4.78 is 11.6. The number of hydrogen-bond acceptors (Lipinski definition) is 3. The number of carbonyl (C=O) groups excluding carboxylic acids is 1. The van der Waals surface area contributed by atoms with Gasteiger partial charge in [-0.1, -0.05) is 48.5 Å². The Morgan fingerprint density at radius 3 is 2.65 bits per heavy atom. The summed E-state index contributed by atoms with van der Waals surface area (Å²) in [6, 6.07) is 20.2. The summed E-state index contributed by atoms with van der Waals surface area (Å²) in [7, 11) is 0. The number of ether oxygens (including phenoxy) is 1. The first-order valence-electron chi connectivity index (χ1n) is 9.21. The van der Waals surface area contributed by atoms with E-state index in [2.05, 4.69) is 12.1 Å². The third-order valence-corrected chi connectivity index (χ3v) is 4.85. The van der Waals surface area contributed by atoms with E-state index < -0.39 is 0 Å². The third-order valence-electron chi connectivity index (χ3n) is 4.85. The van der Waals surface area contributed by atoms with Crippen molar-refractivity contribution in [2.24, 2.45) is 0 Å². The molecule has 1 saturated heterocycles. The predicted octanol–water partition coefficient (Wildman–Crippen LogP) is 4.18. The molecule has 4 heteroatoms. The van der Waals surface area contributed by atoms with Crippen LogP contribution in [0.25, 0.3) is 11.0 Å². The Balaban J connectivity index is 1.51. The molecule has 4 rings (SSSR count). The largest absolute Gasteiger partial charge is 0.459 e. The van der Waals surface area contributed by atoms with E-state index in [4.69, 9.17) is 9.15 Å². The molecule has 0 bridgehead atoms. The molecule has 0 spiro atoms. The van der Waals surface area contributed by atoms with Crippen LogP contribution in [0, 0.1) is 0 Å². The second-order valence-electron chi connectivity index (χ2n) is 6.75. The van der Waals surface area contributed by atoms with Crippen molar-refractivity contribution in [2.75, 3.05) is 13.2 Å². The molecule has 134 valence electrons. The van der Waals surface area contributed by atoms with E-state index in [-0.39, 0.29) is 12.0 Å². The van der Waals surface area contributed by atoms with Gasteiger partial charge in [-0.05, 0) is 37.0 Å². The Kier molecular flexibility index (Phi) is 5.02. The number of amides is 1. The van der Waals surface area contributed by atoms with Gasteiger partial charge in [-0.25, -0.2) is 0 Å². The van der Waals surface area contributed by atoms with Gasteiger partial charge in [0.1, 0.15) is 17.4 Å². The molecule has 1 aromatic heterocycles. The molecule has 26 heavy (non-hydrogen) atoms. The number of hydrogen-bond donors (Lipinski definition) is 0. The Bertz CT molecular complexity index is 832. The molecule has 1 aliphatic heterocycles. The lowest BCUT2D eigenvalue weighted by molar-refractivity contribution is -0.141. The van der Waals surface area contributed by atoms with Gasteiger partial charge in [-0.3, -0.25) is 4.79 Å². The van der Waals surface area contributed by atoms with E-state index in [0.717, 1.165) is 36.0 Å². The zero-order valence-electron chi connectivity index (χ0n) is 14.8. The summed E-state index contributed by atoms with van der Waals surface area (Å²) in [5.74, 6) is 0.879. The number of nitrogens with zero attached hydrogens (tertiary/aromatic N) is 1. The van der Waals surface area contributed by atoms with E-state index in [9.17, 15) is 4.79 Å². The van der Waals surface area contributed by atoms with Gasteiger partial charge in [0.2, 0.25) is 0 Å². The highest BCUT2D eigenvalue weighted by Gasteiger charge is 2.28. The van der Waals surface area contributed by atoms with Gasteiger partial charge >= 0.3 is 0 Å². The molecule has 3 aromatic rings. The van der Waals surface area contributed by atoms with Gasteiger partial charge in [0.05, 0.1) is 6.54 Å². The van der Waals surface area contributed by atoms with E-state index in [0.29, 0.717) is 19.7 Å². The maximum atomic E-state index is 12.9. The van der Waals surface area contributed by atoms with Gasteiger partial charge in [-0.15, -0.1) is 0 Å². The van der Waals surface area contributed by atoms with Crippen LogP contribution in [-0.4, -0.2) is 30.1 Å². The van der Waals surface area contributed by atoms with Crippen molar-refractivity contribution in [1.82, 2.24) is 4.90 Å².